The van der Waals surface area contributed by atoms with Crippen molar-refractivity contribution in [3.63, 3.8) is 0 Å². The Balaban J connectivity index is 1.93. The van der Waals surface area contributed by atoms with Crippen LogP contribution in [0.2, 0.25) is 0 Å². The highest BCUT2D eigenvalue weighted by atomic mass is 16.5. The summed E-state index contributed by atoms with van der Waals surface area (Å²) in [7, 11) is 0. The zero-order chi connectivity index (χ0) is 18.1. The first-order chi connectivity index (χ1) is 12.1. The maximum atomic E-state index is 12.5. The van der Waals surface area contributed by atoms with Gasteiger partial charge in [-0.05, 0) is 31.9 Å². The average Bonchev–Trinajstić information content (AvgIpc) is 2.61. The van der Waals surface area contributed by atoms with Crippen LogP contribution in [0, 0.1) is 0 Å². The molecule has 1 aromatic carbocycles. The van der Waals surface area contributed by atoms with E-state index in [4.69, 9.17) is 4.74 Å². The zero-order valence-corrected chi connectivity index (χ0v) is 14.7. The second-order valence-electron chi connectivity index (χ2n) is 6.21. The molecule has 2 rings (SSSR count). The van der Waals surface area contributed by atoms with Crippen molar-refractivity contribution in [2.75, 3.05) is 11.9 Å². The third-order valence-corrected chi connectivity index (χ3v) is 4.25. The van der Waals surface area contributed by atoms with E-state index < -0.39 is 5.97 Å². The van der Waals surface area contributed by atoms with Gasteiger partial charge < -0.3 is 15.4 Å². The number of para-hydroxylation sites is 1. The quantitative estimate of drug-likeness (QED) is 0.743. The molecule has 0 atom stereocenters. The van der Waals surface area contributed by atoms with Crippen LogP contribution in [-0.2, 0) is 14.3 Å². The Kier molecular flexibility index (Phi) is 7.44. The largest absolute Gasteiger partial charge is 0.466 e. The molecule has 6 heteroatoms. The second kappa shape index (κ2) is 9.81. The minimum atomic E-state index is -0.402. The van der Waals surface area contributed by atoms with Crippen LogP contribution in [0.4, 0.5) is 5.69 Å². The fraction of sp³-hybridized carbons (Fsp3) is 0.526. The van der Waals surface area contributed by atoms with Crippen LogP contribution in [0.25, 0.3) is 0 Å². The highest BCUT2D eigenvalue weighted by Gasteiger charge is 2.19. The molecule has 0 spiro atoms. The Morgan fingerprint density at radius 2 is 1.80 bits per heavy atom. The van der Waals surface area contributed by atoms with Crippen LogP contribution >= 0.6 is 0 Å². The molecule has 0 radical (unpaired) electrons. The summed E-state index contributed by atoms with van der Waals surface area (Å²) in [6.45, 7) is 2.02. The fourth-order valence-corrected chi connectivity index (χ4v) is 2.96. The third-order valence-electron chi connectivity index (χ3n) is 4.25. The molecule has 0 aromatic heterocycles. The lowest BCUT2D eigenvalue weighted by Gasteiger charge is -2.23. The summed E-state index contributed by atoms with van der Waals surface area (Å²) in [5.74, 6) is -0.889. The van der Waals surface area contributed by atoms with Crippen molar-refractivity contribution in [1.82, 2.24) is 5.32 Å². The van der Waals surface area contributed by atoms with Crippen LogP contribution in [0.5, 0.6) is 0 Å². The normalized spacial score (nSPS) is 14.6. The summed E-state index contributed by atoms with van der Waals surface area (Å²) in [5, 5.41) is 5.77. The molecular weight excluding hydrogens is 320 g/mol. The average molecular weight is 346 g/mol. The van der Waals surface area contributed by atoms with E-state index in [-0.39, 0.29) is 30.7 Å². The smallest absolute Gasteiger partial charge is 0.306 e. The van der Waals surface area contributed by atoms with E-state index in [1.165, 1.54) is 6.42 Å². The van der Waals surface area contributed by atoms with Crippen molar-refractivity contribution in [3.05, 3.63) is 29.8 Å². The maximum absolute atomic E-state index is 12.5. The van der Waals surface area contributed by atoms with Crippen molar-refractivity contribution < 1.29 is 19.1 Å². The Morgan fingerprint density at radius 3 is 2.52 bits per heavy atom. The van der Waals surface area contributed by atoms with E-state index in [9.17, 15) is 14.4 Å². The minimum absolute atomic E-state index is 0.0239. The summed E-state index contributed by atoms with van der Waals surface area (Å²) in [4.78, 5) is 35.9. The Labute approximate surface area is 148 Å². The molecule has 0 unspecified atom stereocenters. The Morgan fingerprint density at radius 1 is 1.08 bits per heavy atom. The van der Waals surface area contributed by atoms with Crippen molar-refractivity contribution in [1.29, 1.82) is 0 Å². The molecule has 136 valence electrons. The lowest BCUT2D eigenvalue weighted by Crippen LogP contribution is -2.36. The molecule has 6 nitrogen and oxygen atoms in total. The summed E-state index contributed by atoms with van der Waals surface area (Å²) < 4.78 is 4.81. The van der Waals surface area contributed by atoms with E-state index in [0.29, 0.717) is 17.9 Å². The maximum Gasteiger partial charge on any atom is 0.306 e. The van der Waals surface area contributed by atoms with Crippen LogP contribution in [0.15, 0.2) is 24.3 Å². The van der Waals surface area contributed by atoms with Gasteiger partial charge in [-0.25, -0.2) is 0 Å². The van der Waals surface area contributed by atoms with Gasteiger partial charge in [0, 0.05) is 12.5 Å². The van der Waals surface area contributed by atoms with Gasteiger partial charge in [0.05, 0.1) is 24.3 Å². The van der Waals surface area contributed by atoms with Gasteiger partial charge in [0.25, 0.3) is 5.91 Å². The van der Waals surface area contributed by atoms with Gasteiger partial charge in [0.15, 0.2) is 0 Å². The van der Waals surface area contributed by atoms with Crippen molar-refractivity contribution in [2.24, 2.45) is 0 Å². The number of esters is 1. The first-order valence-corrected chi connectivity index (χ1v) is 8.95. The summed E-state index contributed by atoms with van der Waals surface area (Å²) in [6.07, 6.45) is 5.54. The topological polar surface area (TPSA) is 84.5 Å². The first-order valence-electron chi connectivity index (χ1n) is 8.95. The molecule has 25 heavy (non-hydrogen) atoms. The number of nitrogens with one attached hydrogen (secondary N) is 2. The van der Waals surface area contributed by atoms with Gasteiger partial charge in [-0.15, -0.1) is 0 Å². The van der Waals surface area contributed by atoms with E-state index in [1.807, 2.05) is 0 Å². The number of hydrogen-bond donors (Lipinski definition) is 2. The number of anilines is 1. The molecule has 1 aliphatic carbocycles. The Hall–Kier alpha value is -2.37. The highest BCUT2D eigenvalue weighted by molar-refractivity contribution is 6.04. The number of rotatable bonds is 7. The highest BCUT2D eigenvalue weighted by Crippen LogP contribution is 2.20. The van der Waals surface area contributed by atoms with E-state index >= 15 is 0 Å². The van der Waals surface area contributed by atoms with Gasteiger partial charge in [0.2, 0.25) is 5.91 Å². The molecule has 1 aromatic rings. The van der Waals surface area contributed by atoms with Crippen LogP contribution in [0.1, 0.15) is 62.2 Å². The number of carbonyl (C=O) groups is 3. The molecule has 0 bridgehead atoms. The number of carbonyl (C=O) groups excluding carboxylic acids is 3. The number of hydrogen-bond acceptors (Lipinski definition) is 4. The van der Waals surface area contributed by atoms with E-state index in [0.717, 1.165) is 25.7 Å². The van der Waals surface area contributed by atoms with Gasteiger partial charge in [0.1, 0.15) is 0 Å². The molecule has 0 saturated heterocycles. The van der Waals surface area contributed by atoms with Crippen molar-refractivity contribution >= 4 is 23.5 Å². The SMILES string of the molecule is CCOC(=O)CCC(=O)Nc1ccccc1C(=O)NC1CCCCC1. The van der Waals surface area contributed by atoms with Gasteiger partial charge in [-0.1, -0.05) is 31.4 Å². The zero-order valence-electron chi connectivity index (χ0n) is 14.7. The summed E-state index contributed by atoms with van der Waals surface area (Å²) in [5.41, 5.74) is 0.905. The number of amides is 2. The predicted molar refractivity (Wildman–Crippen MR) is 95.3 cm³/mol. The van der Waals surface area contributed by atoms with Crippen molar-refractivity contribution in [2.45, 2.75) is 57.9 Å². The minimum Gasteiger partial charge on any atom is -0.466 e. The van der Waals surface area contributed by atoms with Crippen LogP contribution in [0.3, 0.4) is 0 Å². The summed E-state index contributed by atoms with van der Waals surface area (Å²) >= 11 is 0. The van der Waals surface area contributed by atoms with E-state index in [2.05, 4.69) is 10.6 Å². The van der Waals surface area contributed by atoms with E-state index in [1.54, 1.807) is 31.2 Å². The lowest BCUT2D eigenvalue weighted by atomic mass is 9.95. The van der Waals surface area contributed by atoms with Crippen LogP contribution in [-0.4, -0.2) is 30.4 Å². The molecular formula is C19H26N2O4. The summed E-state index contributed by atoms with van der Waals surface area (Å²) in [6, 6.07) is 7.12. The molecule has 2 amide bonds. The Bertz CT molecular complexity index is 609. The van der Waals surface area contributed by atoms with Crippen molar-refractivity contribution in [3.8, 4) is 0 Å². The monoisotopic (exact) mass is 346 g/mol. The molecule has 2 N–H and O–H groups in total. The second-order valence-corrected chi connectivity index (χ2v) is 6.21. The predicted octanol–water partition coefficient (Wildman–Crippen LogP) is 3.03. The van der Waals surface area contributed by atoms with Crippen LogP contribution < -0.4 is 10.6 Å². The molecule has 1 aliphatic rings. The molecule has 1 saturated carbocycles. The molecule has 1 fully saturated rings. The standard InChI is InChI=1S/C19H26N2O4/c1-2-25-18(23)13-12-17(22)21-16-11-7-6-10-15(16)19(24)20-14-8-4-3-5-9-14/h6-7,10-11,14H,2-5,8-9,12-13H2,1H3,(H,20,24)(H,21,22). The fourth-order valence-electron chi connectivity index (χ4n) is 2.96. The number of benzene rings is 1. The number of ether oxygens (including phenoxy) is 1. The van der Waals surface area contributed by atoms with Gasteiger partial charge in [-0.2, -0.15) is 0 Å². The van der Waals surface area contributed by atoms with Gasteiger partial charge in [-0.3, -0.25) is 14.4 Å². The lowest BCUT2D eigenvalue weighted by molar-refractivity contribution is -0.144. The third kappa shape index (κ3) is 6.21. The molecule has 0 aliphatic heterocycles. The van der Waals surface area contributed by atoms with Gasteiger partial charge >= 0.3 is 5.97 Å². The molecule has 0 heterocycles. The first kappa shape index (κ1) is 19.0.